The molecular formula is C21H17ClIN3O6. The number of halogens is 2. The van der Waals surface area contributed by atoms with Crippen LogP contribution in [0.15, 0.2) is 46.0 Å². The predicted octanol–water partition coefficient (Wildman–Crippen LogP) is 4.38. The third-order valence-electron chi connectivity index (χ3n) is 4.20. The van der Waals surface area contributed by atoms with E-state index in [4.69, 9.17) is 21.1 Å². The van der Waals surface area contributed by atoms with Gasteiger partial charge in [0.1, 0.15) is 12.3 Å². The third kappa shape index (κ3) is 5.77. The highest BCUT2D eigenvalue weighted by Crippen LogP contribution is 2.35. The first-order chi connectivity index (χ1) is 15.3. The SMILES string of the molecule is CCOc1cc(/C=C\c2[nH]c(=O)[nH]c(=O)c2[N+](=O)[O-])cc(I)c1OCc1ccc(Cl)cc1. The summed E-state index contributed by atoms with van der Waals surface area (Å²) in [6.07, 6.45) is 2.83. The number of H-pyrrole nitrogens is 2. The Hall–Kier alpha value is -3.12. The molecule has 0 radical (unpaired) electrons. The Morgan fingerprint density at radius 1 is 1.12 bits per heavy atom. The standard InChI is InChI=1S/C21H17ClIN3O6/c1-2-31-17-10-13(5-8-16-18(26(29)30)20(27)25-21(28)24-16)9-15(23)19(17)32-11-12-3-6-14(22)7-4-12/h3-10H,2,11H2,1H3,(H2,24,25,27,28)/b8-5-. The van der Waals surface area contributed by atoms with E-state index in [1.54, 1.807) is 24.3 Å². The van der Waals surface area contributed by atoms with Crippen LogP contribution in [0.25, 0.3) is 12.2 Å². The Labute approximate surface area is 200 Å². The van der Waals surface area contributed by atoms with Gasteiger partial charge >= 0.3 is 16.9 Å². The maximum absolute atomic E-state index is 11.8. The summed E-state index contributed by atoms with van der Waals surface area (Å²) in [5.74, 6) is 1.04. The topological polar surface area (TPSA) is 127 Å². The lowest BCUT2D eigenvalue weighted by Gasteiger charge is -2.15. The van der Waals surface area contributed by atoms with Gasteiger partial charge in [-0.1, -0.05) is 29.8 Å². The molecule has 3 rings (SSSR count). The van der Waals surface area contributed by atoms with Gasteiger partial charge in [-0.15, -0.1) is 0 Å². The van der Waals surface area contributed by atoms with Crippen LogP contribution in [-0.2, 0) is 6.61 Å². The maximum atomic E-state index is 11.8. The number of hydrogen-bond acceptors (Lipinski definition) is 6. The highest BCUT2D eigenvalue weighted by molar-refractivity contribution is 14.1. The molecule has 0 fully saturated rings. The highest BCUT2D eigenvalue weighted by atomic mass is 127. The van der Waals surface area contributed by atoms with Crippen molar-refractivity contribution in [1.82, 2.24) is 9.97 Å². The second-order valence-corrected chi connectivity index (χ2v) is 8.04. The van der Waals surface area contributed by atoms with Crippen LogP contribution in [-0.4, -0.2) is 21.5 Å². The summed E-state index contributed by atoms with van der Waals surface area (Å²) < 4.78 is 12.4. The monoisotopic (exact) mass is 569 g/mol. The van der Waals surface area contributed by atoms with Crippen LogP contribution in [0.5, 0.6) is 11.5 Å². The van der Waals surface area contributed by atoms with Gasteiger partial charge in [-0.2, -0.15) is 0 Å². The first-order valence-electron chi connectivity index (χ1n) is 9.31. The Morgan fingerprint density at radius 3 is 2.50 bits per heavy atom. The number of benzene rings is 2. The van der Waals surface area contributed by atoms with Crippen LogP contribution in [0.3, 0.4) is 0 Å². The second-order valence-electron chi connectivity index (χ2n) is 6.44. The van der Waals surface area contributed by atoms with Crippen molar-refractivity contribution in [2.75, 3.05) is 6.61 Å². The quantitative estimate of drug-likeness (QED) is 0.236. The fourth-order valence-electron chi connectivity index (χ4n) is 2.80. The Morgan fingerprint density at radius 2 is 1.84 bits per heavy atom. The van der Waals surface area contributed by atoms with Crippen LogP contribution >= 0.6 is 34.2 Å². The molecule has 0 atom stereocenters. The van der Waals surface area contributed by atoms with Crippen molar-refractivity contribution >= 4 is 52.0 Å². The van der Waals surface area contributed by atoms with Crippen molar-refractivity contribution in [1.29, 1.82) is 0 Å². The molecule has 11 heteroatoms. The van der Waals surface area contributed by atoms with E-state index in [9.17, 15) is 19.7 Å². The first-order valence-corrected chi connectivity index (χ1v) is 10.8. The summed E-state index contributed by atoms with van der Waals surface area (Å²) in [6.45, 7) is 2.54. The fourth-order valence-corrected chi connectivity index (χ4v) is 3.71. The van der Waals surface area contributed by atoms with Crippen molar-refractivity contribution in [2.45, 2.75) is 13.5 Å². The summed E-state index contributed by atoms with van der Waals surface area (Å²) >= 11 is 8.01. The third-order valence-corrected chi connectivity index (χ3v) is 5.25. The Bertz CT molecular complexity index is 1280. The predicted molar refractivity (Wildman–Crippen MR) is 129 cm³/mol. The summed E-state index contributed by atoms with van der Waals surface area (Å²) in [5, 5.41) is 11.8. The molecule has 0 aliphatic carbocycles. The summed E-state index contributed by atoms with van der Waals surface area (Å²) in [5.41, 5.74) is -1.30. The summed E-state index contributed by atoms with van der Waals surface area (Å²) in [7, 11) is 0. The average molecular weight is 570 g/mol. The number of rotatable bonds is 8. The molecule has 1 aromatic heterocycles. The summed E-state index contributed by atoms with van der Waals surface area (Å²) in [6, 6.07) is 10.8. The van der Waals surface area contributed by atoms with Gasteiger partial charge in [0.2, 0.25) is 0 Å². The van der Waals surface area contributed by atoms with Gasteiger partial charge in [0.15, 0.2) is 11.5 Å². The molecule has 9 nitrogen and oxygen atoms in total. The number of nitrogens with one attached hydrogen (secondary N) is 2. The van der Waals surface area contributed by atoms with Crippen LogP contribution < -0.4 is 20.7 Å². The zero-order chi connectivity index (χ0) is 23.3. The second kappa shape index (κ2) is 10.5. The van der Waals surface area contributed by atoms with Crippen molar-refractivity contribution in [3.8, 4) is 11.5 Å². The molecule has 0 aliphatic rings. The van der Waals surface area contributed by atoms with Crippen LogP contribution in [0.2, 0.25) is 5.02 Å². The van der Waals surface area contributed by atoms with Gasteiger partial charge in [0, 0.05) is 5.02 Å². The van der Waals surface area contributed by atoms with Crippen molar-refractivity contribution in [3.05, 3.63) is 92.8 Å². The number of nitrogens with zero attached hydrogens (tertiary/aromatic N) is 1. The molecule has 32 heavy (non-hydrogen) atoms. The maximum Gasteiger partial charge on any atom is 0.357 e. The lowest BCUT2D eigenvalue weighted by atomic mass is 10.1. The van der Waals surface area contributed by atoms with Crippen LogP contribution in [0.1, 0.15) is 23.7 Å². The molecule has 0 aliphatic heterocycles. The molecule has 1 heterocycles. The van der Waals surface area contributed by atoms with E-state index in [-0.39, 0.29) is 5.69 Å². The lowest BCUT2D eigenvalue weighted by Crippen LogP contribution is -2.25. The molecule has 3 aromatic rings. The number of aromatic amines is 2. The van der Waals surface area contributed by atoms with Gasteiger partial charge in [-0.25, -0.2) is 4.79 Å². The number of nitro groups is 1. The van der Waals surface area contributed by atoms with Gasteiger partial charge in [0.25, 0.3) is 0 Å². The number of hydrogen-bond donors (Lipinski definition) is 2. The first kappa shape index (κ1) is 23.5. The van der Waals surface area contributed by atoms with E-state index in [2.05, 4.69) is 27.6 Å². The molecule has 0 amide bonds. The van der Waals surface area contributed by atoms with Gasteiger partial charge in [0.05, 0.1) is 15.1 Å². The number of aromatic nitrogens is 2. The molecule has 0 saturated heterocycles. The van der Waals surface area contributed by atoms with E-state index in [1.165, 1.54) is 12.2 Å². The zero-order valence-corrected chi connectivity index (χ0v) is 19.6. The Kier molecular flexibility index (Phi) is 7.70. The van der Waals surface area contributed by atoms with Crippen LogP contribution in [0.4, 0.5) is 5.69 Å². The molecule has 0 unspecified atom stereocenters. The van der Waals surface area contributed by atoms with E-state index in [1.807, 2.05) is 24.0 Å². The van der Waals surface area contributed by atoms with E-state index in [0.29, 0.717) is 35.3 Å². The highest BCUT2D eigenvalue weighted by Gasteiger charge is 2.19. The van der Waals surface area contributed by atoms with E-state index in [0.717, 1.165) is 9.13 Å². The smallest absolute Gasteiger partial charge is 0.357 e. The summed E-state index contributed by atoms with van der Waals surface area (Å²) in [4.78, 5) is 37.8. The van der Waals surface area contributed by atoms with E-state index < -0.39 is 21.9 Å². The van der Waals surface area contributed by atoms with E-state index >= 15 is 0 Å². The molecule has 0 spiro atoms. The lowest BCUT2D eigenvalue weighted by molar-refractivity contribution is -0.386. The van der Waals surface area contributed by atoms with Gasteiger partial charge in [-0.05, 0) is 71.0 Å². The minimum atomic E-state index is -1.08. The molecular weight excluding hydrogens is 553 g/mol. The van der Waals surface area contributed by atoms with Crippen molar-refractivity contribution in [3.63, 3.8) is 0 Å². The molecule has 2 aromatic carbocycles. The molecule has 0 bridgehead atoms. The fraction of sp³-hybridized carbons (Fsp3) is 0.143. The molecule has 166 valence electrons. The minimum absolute atomic E-state index is 0.209. The van der Waals surface area contributed by atoms with Crippen LogP contribution in [0, 0.1) is 13.7 Å². The van der Waals surface area contributed by atoms with Gasteiger partial charge in [-0.3, -0.25) is 19.9 Å². The largest absolute Gasteiger partial charge is 0.490 e. The normalized spacial score (nSPS) is 11.0. The molecule has 2 N–H and O–H groups in total. The minimum Gasteiger partial charge on any atom is -0.490 e. The van der Waals surface area contributed by atoms with Crippen molar-refractivity contribution in [2.24, 2.45) is 0 Å². The molecule has 0 saturated carbocycles. The van der Waals surface area contributed by atoms with Crippen molar-refractivity contribution < 1.29 is 14.4 Å². The average Bonchev–Trinajstić information content (AvgIpc) is 2.72. The van der Waals surface area contributed by atoms with Gasteiger partial charge < -0.3 is 14.5 Å². The Balaban J connectivity index is 1.92. The number of ether oxygens (including phenoxy) is 2. The zero-order valence-electron chi connectivity index (χ0n) is 16.7.